The van der Waals surface area contributed by atoms with E-state index >= 15 is 0 Å². The average molecular weight is 241 g/mol. The first kappa shape index (κ1) is 12.9. The van der Waals surface area contributed by atoms with Crippen molar-refractivity contribution in [2.24, 2.45) is 11.8 Å². The molecule has 0 saturated carbocycles. The van der Waals surface area contributed by atoms with Crippen molar-refractivity contribution in [1.29, 1.82) is 0 Å². The Hall–Kier alpha value is -1.50. The minimum atomic E-state index is 0.589. The molecule has 96 valence electrons. The highest BCUT2D eigenvalue weighted by Gasteiger charge is 2.24. The first-order chi connectivity index (χ1) is 8.74. The molecule has 0 aromatic heterocycles. The molecule has 0 aromatic carbocycles. The molecule has 1 nitrogen and oxygen atoms in total. The Balaban J connectivity index is 2.28. The van der Waals surface area contributed by atoms with Gasteiger partial charge in [-0.2, -0.15) is 0 Å². The number of allylic oxidation sites excluding steroid dienone is 8. The molecule has 1 heterocycles. The van der Waals surface area contributed by atoms with Gasteiger partial charge < -0.3 is 4.90 Å². The molecule has 0 radical (unpaired) electrons. The van der Waals surface area contributed by atoms with Crippen LogP contribution in [0.5, 0.6) is 0 Å². The predicted molar refractivity (Wildman–Crippen MR) is 79.2 cm³/mol. The van der Waals surface area contributed by atoms with Gasteiger partial charge in [0.05, 0.1) is 0 Å². The van der Waals surface area contributed by atoms with E-state index < -0.39 is 0 Å². The van der Waals surface area contributed by atoms with E-state index in [-0.39, 0.29) is 0 Å². The second-order valence-electron chi connectivity index (χ2n) is 5.14. The van der Waals surface area contributed by atoms with Crippen molar-refractivity contribution in [3.63, 3.8) is 0 Å². The summed E-state index contributed by atoms with van der Waals surface area (Å²) < 4.78 is 0. The summed E-state index contributed by atoms with van der Waals surface area (Å²) in [6.45, 7) is 5.43. The summed E-state index contributed by atoms with van der Waals surface area (Å²) in [7, 11) is 2.17. The van der Waals surface area contributed by atoms with Gasteiger partial charge in [-0.15, -0.1) is 0 Å². The van der Waals surface area contributed by atoms with Gasteiger partial charge in [0.25, 0.3) is 0 Å². The van der Waals surface area contributed by atoms with E-state index in [1.807, 2.05) is 0 Å². The molecule has 2 unspecified atom stereocenters. The standard InChI is InChI=1S/C17H23N/c1-4-9-14(2)15-10-5-6-11-16(15)17-12-7-8-13-18(17)3/h4-9,11-12,14-15H,10,13H2,1-3H3. The zero-order chi connectivity index (χ0) is 13.0. The lowest BCUT2D eigenvalue weighted by atomic mass is 9.79. The fourth-order valence-corrected chi connectivity index (χ4v) is 2.78. The third-order valence-corrected chi connectivity index (χ3v) is 3.81. The molecule has 0 saturated heterocycles. The lowest BCUT2D eigenvalue weighted by molar-refractivity contribution is 0.420. The number of nitrogens with zero attached hydrogens (tertiary/aromatic N) is 1. The molecule has 0 spiro atoms. The maximum absolute atomic E-state index is 2.33. The molecular formula is C17H23N. The Kier molecular flexibility index (Phi) is 4.24. The number of hydrogen-bond donors (Lipinski definition) is 0. The fraction of sp³-hybridized carbons (Fsp3) is 0.412. The van der Waals surface area contributed by atoms with Gasteiger partial charge in [-0.1, -0.05) is 49.5 Å². The summed E-state index contributed by atoms with van der Waals surface area (Å²) in [6, 6.07) is 0. The van der Waals surface area contributed by atoms with Crippen LogP contribution in [0, 0.1) is 11.8 Å². The summed E-state index contributed by atoms with van der Waals surface area (Å²) in [6.07, 6.45) is 19.0. The predicted octanol–water partition coefficient (Wildman–Crippen LogP) is 4.09. The van der Waals surface area contributed by atoms with Crippen LogP contribution in [0.2, 0.25) is 0 Å². The molecule has 18 heavy (non-hydrogen) atoms. The van der Waals surface area contributed by atoms with E-state index in [9.17, 15) is 0 Å². The Morgan fingerprint density at radius 1 is 1.28 bits per heavy atom. The molecule has 2 aliphatic rings. The van der Waals surface area contributed by atoms with Crippen LogP contribution in [0.1, 0.15) is 20.3 Å². The van der Waals surface area contributed by atoms with Gasteiger partial charge in [0.2, 0.25) is 0 Å². The Morgan fingerprint density at radius 3 is 2.78 bits per heavy atom. The number of hydrogen-bond acceptors (Lipinski definition) is 1. The highest BCUT2D eigenvalue weighted by molar-refractivity contribution is 5.41. The molecule has 0 amide bonds. The topological polar surface area (TPSA) is 3.24 Å². The normalized spacial score (nSPS) is 25.3. The highest BCUT2D eigenvalue weighted by Crippen LogP contribution is 2.35. The van der Waals surface area contributed by atoms with Crippen molar-refractivity contribution >= 4 is 0 Å². The van der Waals surface area contributed by atoms with Gasteiger partial charge in [-0.05, 0) is 36.8 Å². The van der Waals surface area contributed by atoms with Gasteiger partial charge in [0.1, 0.15) is 0 Å². The fourth-order valence-electron chi connectivity index (χ4n) is 2.78. The van der Waals surface area contributed by atoms with Crippen molar-refractivity contribution < 1.29 is 0 Å². The third kappa shape index (κ3) is 2.66. The molecule has 2 rings (SSSR count). The number of likely N-dealkylation sites (N-methyl/N-ethyl adjacent to an activating group) is 1. The van der Waals surface area contributed by atoms with Crippen molar-refractivity contribution in [1.82, 2.24) is 4.90 Å². The molecule has 1 heteroatoms. The van der Waals surface area contributed by atoms with E-state index in [2.05, 4.69) is 74.4 Å². The van der Waals surface area contributed by atoms with Crippen LogP contribution in [0.3, 0.4) is 0 Å². The van der Waals surface area contributed by atoms with E-state index in [0.717, 1.165) is 13.0 Å². The van der Waals surface area contributed by atoms with Crippen LogP contribution in [-0.2, 0) is 0 Å². The maximum atomic E-state index is 2.33. The Labute approximate surface area is 111 Å². The highest BCUT2D eigenvalue weighted by atomic mass is 15.1. The van der Waals surface area contributed by atoms with Crippen molar-refractivity contribution in [2.45, 2.75) is 20.3 Å². The lowest BCUT2D eigenvalue weighted by Crippen LogP contribution is -2.26. The van der Waals surface area contributed by atoms with Crippen LogP contribution >= 0.6 is 0 Å². The zero-order valence-corrected chi connectivity index (χ0v) is 11.6. The summed E-state index contributed by atoms with van der Waals surface area (Å²) in [5.74, 6) is 1.19. The first-order valence-electron chi connectivity index (χ1n) is 6.82. The zero-order valence-electron chi connectivity index (χ0n) is 11.6. The minimum Gasteiger partial charge on any atom is -0.371 e. The summed E-state index contributed by atoms with van der Waals surface area (Å²) >= 11 is 0. The summed E-state index contributed by atoms with van der Waals surface area (Å²) in [5, 5.41) is 0. The van der Waals surface area contributed by atoms with Crippen LogP contribution in [0.4, 0.5) is 0 Å². The second kappa shape index (κ2) is 5.90. The van der Waals surface area contributed by atoms with Crippen molar-refractivity contribution in [3.8, 4) is 0 Å². The van der Waals surface area contributed by atoms with Crippen molar-refractivity contribution in [2.75, 3.05) is 13.6 Å². The Morgan fingerprint density at radius 2 is 2.06 bits per heavy atom. The van der Waals surface area contributed by atoms with E-state index in [4.69, 9.17) is 0 Å². The Bertz CT molecular complexity index is 435. The SMILES string of the molecule is CC=CC(C)C1CC=CC=C1C1=CC=CCN1C. The largest absolute Gasteiger partial charge is 0.371 e. The van der Waals surface area contributed by atoms with Gasteiger partial charge in [0, 0.05) is 19.3 Å². The van der Waals surface area contributed by atoms with E-state index in [1.54, 1.807) is 0 Å². The van der Waals surface area contributed by atoms with Crippen molar-refractivity contribution in [3.05, 3.63) is 59.9 Å². The molecule has 0 N–H and O–H groups in total. The van der Waals surface area contributed by atoms with Gasteiger partial charge in [-0.3, -0.25) is 0 Å². The van der Waals surface area contributed by atoms with Gasteiger partial charge >= 0.3 is 0 Å². The second-order valence-corrected chi connectivity index (χ2v) is 5.14. The summed E-state index contributed by atoms with van der Waals surface area (Å²) in [5.41, 5.74) is 2.86. The third-order valence-electron chi connectivity index (χ3n) is 3.81. The van der Waals surface area contributed by atoms with E-state index in [1.165, 1.54) is 11.3 Å². The molecule has 2 atom stereocenters. The monoisotopic (exact) mass is 241 g/mol. The average Bonchev–Trinajstić information content (AvgIpc) is 2.40. The molecule has 0 fully saturated rings. The molecule has 0 bridgehead atoms. The maximum Gasteiger partial charge on any atom is 0.0402 e. The molecular weight excluding hydrogens is 218 g/mol. The molecule has 1 aliphatic heterocycles. The lowest BCUT2D eigenvalue weighted by Gasteiger charge is -2.33. The minimum absolute atomic E-state index is 0.589. The van der Waals surface area contributed by atoms with Crippen LogP contribution in [0.15, 0.2) is 59.9 Å². The van der Waals surface area contributed by atoms with Gasteiger partial charge in [0.15, 0.2) is 0 Å². The number of rotatable bonds is 3. The van der Waals surface area contributed by atoms with Crippen LogP contribution < -0.4 is 0 Å². The smallest absolute Gasteiger partial charge is 0.0402 e. The first-order valence-corrected chi connectivity index (χ1v) is 6.82. The quantitative estimate of drug-likeness (QED) is 0.673. The van der Waals surface area contributed by atoms with Crippen LogP contribution in [0.25, 0.3) is 0 Å². The summed E-state index contributed by atoms with van der Waals surface area (Å²) in [4.78, 5) is 2.33. The molecule has 1 aliphatic carbocycles. The molecule has 0 aromatic rings. The van der Waals surface area contributed by atoms with Gasteiger partial charge in [-0.25, -0.2) is 0 Å². The van der Waals surface area contributed by atoms with E-state index in [0.29, 0.717) is 11.8 Å². The van der Waals surface area contributed by atoms with Crippen LogP contribution in [-0.4, -0.2) is 18.5 Å².